The lowest BCUT2D eigenvalue weighted by Crippen LogP contribution is -1.93. The summed E-state index contributed by atoms with van der Waals surface area (Å²) in [6, 6.07) is 0. The average Bonchev–Trinajstić information content (AvgIpc) is 2.50. The Bertz CT molecular complexity index is 362. The van der Waals surface area contributed by atoms with E-state index in [-0.39, 0.29) is 0 Å². The van der Waals surface area contributed by atoms with Gasteiger partial charge < -0.3 is 5.11 Å². The third-order valence-electron chi connectivity index (χ3n) is 3.23. The molecule has 0 saturated heterocycles. The molecule has 0 fully saturated rings. The van der Waals surface area contributed by atoms with Crippen molar-refractivity contribution in [2.24, 2.45) is 0 Å². The Morgan fingerprint density at radius 1 is 0.727 bits per heavy atom. The van der Waals surface area contributed by atoms with Crippen molar-refractivity contribution in [3.8, 4) is 0 Å². The fourth-order valence-corrected chi connectivity index (χ4v) is 1.99. The average molecular weight is 304 g/mol. The van der Waals surface area contributed by atoms with E-state index in [0.717, 1.165) is 57.8 Å². The molecule has 0 saturated carbocycles. The molecule has 1 N–H and O–H groups in total. The number of carboxylic acids is 1. The van der Waals surface area contributed by atoms with Gasteiger partial charge in [-0.05, 0) is 44.9 Å². The second-order valence-electron chi connectivity index (χ2n) is 5.35. The van der Waals surface area contributed by atoms with E-state index in [1.807, 2.05) is 0 Å². The second kappa shape index (κ2) is 17.5. The van der Waals surface area contributed by atoms with Crippen molar-refractivity contribution in [1.29, 1.82) is 0 Å². The molecule has 0 aromatic rings. The highest BCUT2D eigenvalue weighted by molar-refractivity contribution is 5.66. The summed E-state index contributed by atoms with van der Waals surface area (Å²) < 4.78 is 0. The lowest BCUT2D eigenvalue weighted by molar-refractivity contribution is -0.137. The summed E-state index contributed by atoms with van der Waals surface area (Å²) in [5.74, 6) is -0.682. The van der Waals surface area contributed by atoms with Gasteiger partial charge in [0, 0.05) is 6.42 Å². The maximum Gasteiger partial charge on any atom is 0.303 e. The molecule has 0 rings (SSSR count). The quantitative estimate of drug-likeness (QED) is 0.305. The summed E-state index contributed by atoms with van der Waals surface area (Å²) in [5, 5.41) is 8.51. The number of allylic oxidation sites excluding steroid dienone is 8. The third kappa shape index (κ3) is 18.4. The topological polar surface area (TPSA) is 37.3 Å². The highest BCUT2D eigenvalue weighted by atomic mass is 16.4. The molecule has 0 heterocycles. The first-order valence-corrected chi connectivity index (χ1v) is 8.59. The molecule has 22 heavy (non-hydrogen) atoms. The van der Waals surface area contributed by atoms with Crippen molar-refractivity contribution in [1.82, 2.24) is 0 Å². The van der Waals surface area contributed by atoms with Crippen LogP contribution in [0, 0.1) is 0 Å². The van der Waals surface area contributed by atoms with Crippen molar-refractivity contribution < 1.29 is 9.90 Å². The molecule has 0 unspecified atom stereocenters. The fourth-order valence-electron chi connectivity index (χ4n) is 1.99. The summed E-state index contributed by atoms with van der Waals surface area (Å²) in [6.45, 7) is 2.15. The van der Waals surface area contributed by atoms with Crippen molar-refractivity contribution in [3.05, 3.63) is 48.6 Å². The van der Waals surface area contributed by atoms with Crippen LogP contribution in [0.25, 0.3) is 0 Å². The summed E-state index contributed by atoms with van der Waals surface area (Å²) in [6.07, 6.45) is 27.4. The van der Waals surface area contributed by atoms with Crippen LogP contribution in [0.3, 0.4) is 0 Å². The molecule has 2 nitrogen and oxygen atoms in total. The Labute approximate surface area is 136 Å². The molecule has 0 spiro atoms. The normalized spacial score (nSPS) is 12.4. The Hall–Kier alpha value is -1.57. The van der Waals surface area contributed by atoms with Crippen molar-refractivity contribution >= 4 is 5.97 Å². The zero-order chi connectivity index (χ0) is 16.3. The third-order valence-corrected chi connectivity index (χ3v) is 3.23. The van der Waals surface area contributed by atoms with Gasteiger partial charge in [-0.1, -0.05) is 68.4 Å². The first-order chi connectivity index (χ1) is 10.8. The van der Waals surface area contributed by atoms with Crippen LogP contribution in [-0.4, -0.2) is 11.1 Å². The largest absolute Gasteiger partial charge is 0.481 e. The standard InChI is InChI=1S/C20H32O2/c1-2-3-4-5-6-7-8-9-10-11-12-13-14-15-16-17-18-19-20(21)22/h3-4,6-7,9-10,12-13H,2,5,8,11,14-19H2,1H3,(H,21,22)/b4-3?,7-6?,10-9-,13-12-. The minimum absolute atomic E-state index is 0.309. The molecular formula is C20H32O2. The van der Waals surface area contributed by atoms with Crippen LogP contribution in [0.5, 0.6) is 0 Å². The Balaban J connectivity index is 3.34. The van der Waals surface area contributed by atoms with Crippen molar-refractivity contribution in [3.63, 3.8) is 0 Å². The Morgan fingerprint density at radius 3 is 1.77 bits per heavy atom. The fraction of sp³-hybridized carbons (Fsp3) is 0.550. The van der Waals surface area contributed by atoms with E-state index in [0.29, 0.717) is 6.42 Å². The number of hydrogen-bond acceptors (Lipinski definition) is 1. The number of carboxylic acid groups (broad SMARTS) is 1. The Morgan fingerprint density at radius 2 is 1.23 bits per heavy atom. The van der Waals surface area contributed by atoms with Crippen LogP contribution in [0.15, 0.2) is 48.6 Å². The van der Waals surface area contributed by atoms with E-state index in [9.17, 15) is 4.79 Å². The van der Waals surface area contributed by atoms with Crippen LogP contribution < -0.4 is 0 Å². The monoisotopic (exact) mass is 304 g/mol. The molecule has 0 aromatic heterocycles. The zero-order valence-corrected chi connectivity index (χ0v) is 14.0. The van der Waals surface area contributed by atoms with Gasteiger partial charge in [-0.3, -0.25) is 4.79 Å². The smallest absolute Gasteiger partial charge is 0.303 e. The molecule has 0 bridgehead atoms. The minimum Gasteiger partial charge on any atom is -0.481 e. The summed E-state index contributed by atoms with van der Waals surface area (Å²) in [4.78, 5) is 10.3. The van der Waals surface area contributed by atoms with Gasteiger partial charge in [0.1, 0.15) is 0 Å². The van der Waals surface area contributed by atoms with Gasteiger partial charge in [-0.2, -0.15) is 0 Å². The molecule has 0 radical (unpaired) electrons. The first-order valence-electron chi connectivity index (χ1n) is 8.59. The maximum atomic E-state index is 10.3. The van der Waals surface area contributed by atoms with Crippen molar-refractivity contribution in [2.45, 2.75) is 71.1 Å². The van der Waals surface area contributed by atoms with E-state index in [4.69, 9.17) is 5.11 Å². The van der Waals surface area contributed by atoms with Gasteiger partial charge in [0.25, 0.3) is 0 Å². The molecule has 0 aliphatic heterocycles. The number of carbonyl (C=O) groups is 1. The van der Waals surface area contributed by atoms with Crippen LogP contribution in [0.1, 0.15) is 71.1 Å². The number of aliphatic carboxylic acids is 1. The van der Waals surface area contributed by atoms with Gasteiger partial charge in [-0.25, -0.2) is 0 Å². The summed E-state index contributed by atoms with van der Waals surface area (Å²) in [5.41, 5.74) is 0. The zero-order valence-electron chi connectivity index (χ0n) is 14.0. The van der Waals surface area contributed by atoms with E-state index in [1.54, 1.807) is 0 Å². The molecular weight excluding hydrogens is 272 g/mol. The maximum absolute atomic E-state index is 10.3. The predicted molar refractivity (Wildman–Crippen MR) is 96.0 cm³/mol. The molecule has 2 heteroatoms. The number of rotatable bonds is 14. The molecule has 0 aliphatic carbocycles. The van der Waals surface area contributed by atoms with Crippen LogP contribution in [-0.2, 0) is 4.79 Å². The lowest BCUT2D eigenvalue weighted by atomic mass is 10.1. The van der Waals surface area contributed by atoms with E-state index >= 15 is 0 Å². The molecule has 0 amide bonds. The molecule has 124 valence electrons. The number of hydrogen-bond donors (Lipinski definition) is 1. The van der Waals surface area contributed by atoms with Gasteiger partial charge in [0.15, 0.2) is 0 Å². The Kier molecular flexibility index (Phi) is 16.2. The van der Waals surface area contributed by atoms with Gasteiger partial charge in [0.05, 0.1) is 0 Å². The molecule has 0 atom stereocenters. The highest BCUT2D eigenvalue weighted by Crippen LogP contribution is 2.06. The van der Waals surface area contributed by atoms with Crippen LogP contribution in [0.2, 0.25) is 0 Å². The molecule has 0 aromatic carbocycles. The van der Waals surface area contributed by atoms with E-state index in [2.05, 4.69) is 55.5 Å². The lowest BCUT2D eigenvalue weighted by Gasteiger charge is -1.96. The first kappa shape index (κ1) is 20.4. The summed E-state index contributed by atoms with van der Waals surface area (Å²) in [7, 11) is 0. The highest BCUT2D eigenvalue weighted by Gasteiger charge is 1.95. The SMILES string of the molecule is CCC=CCC=CC/C=C\C/C=C\CCCCCCC(=O)O. The van der Waals surface area contributed by atoms with Gasteiger partial charge in [-0.15, -0.1) is 0 Å². The van der Waals surface area contributed by atoms with E-state index in [1.165, 1.54) is 0 Å². The van der Waals surface area contributed by atoms with Crippen LogP contribution >= 0.6 is 0 Å². The second-order valence-corrected chi connectivity index (χ2v) is 5.35. The van der Waals surface area contributed by atoms with Gasteiger partial charge >= 0.3 is 5.97 Å². The van der Waals surface area contributed by atoms with Crippen LogP contribution in [0.4, 0.5) is 0 Å². The van der Waals surface area contributed by atoms with Gasteiger partial charge in [0.2, 0.25) is 0 Å². The van der Waals surface area contributed by atoms with Crippen molar-refractivity contribution in [2.75, 3.05) is 0 Å². The minimum atomic E-state index is -0.682. The van der Waals surface area contributed by atoms with E-state index < -0.39 is 5.97 Å². The molecule has 0 aliphatic rings. The number of unbranched alkanes of at least 4 members (excludes halogenated alkanes) is 4. The predicted octanol–water partition coefficient (Wildman–Crippen LogP) is 6.22. The summed E-state index contributed by atoms with van der Waals surface area (Å²) >= 11 is 0.